The standard InChI is InChI=1S/C13H24N4O2/c1-9-7-15-11(8-14-9)12(18)16-10(2)13(19)17-5-3-4-6-17/h9-11,14-15H,3-8H2,1-2H3,(H,16,18). The fourth-order valence-corrected chi connectivity index (χ4v) is 2.55. The normalized spacial score (nSPS) is 29.1. The van der Waals surface area contributed by atoms with E-state index in [0.29, 0.717) is 12.6 Å². The number of hydrogen-bond donors (Lipinski definition) is 3. The molecule has 6 nitrogen and oxygen atoms in total. The second-order valence-electron chi connectivity index (χ2n) is 5.53. The third-order valence-electron chi connectivity index (χ3n) is 3.80. The molecule has 0 aliphatic carbocycles. The van der Waals surface area contributed by atoms with Crippen molar-refractivity contribution in [2.24, 2.45) is 0 Å². The third kappa shape index (κ3) is 3.67. The molecule has 0 bridgehead atoms. The maximum Gasteiger partial charge on any atom is 0.244 e. The molecule has 0 radical (unpaired) electrons. The van der Waals surface area contributed by atoms with E-state index in [2.05, 4.69) is 22.9 Å². The van der Waals surface area contributed by atoms with Crippen molar-refractivity contribution in [3.05, 3.63) is 0 Å². The SMILES string of the molecule is CC1CNC(C(=O)NC(C)C(=O)N2CCCC2)CN1. The Morgan fingerprint density at radius 2 is 1.89 bits per heavy atom. The van der Waals surface area contributed by atoms with Crippen molar-refractivity contribution in [3.63, 3.8) is 0 Å². The van der Waals surface area contributed by atoms with E-state index >= 15 is 0 Å². The van der Waals surface area contributed by atoms with Crippen molar-refractivity contribution in [1.29, 1.82) is 0 Å². The molecule has 2 rings (SSSR count). The van der Waals surface area contributed by atoms with E-state index < -0.39 is 6.04 Å². The summed E-state index contributed by atoms with van der Waals surface area (Å²) in [5, 5.41) is 9.24. The average Bonchev–Trinajstić information content (AvgIpc) is 2.92. The van der Waals surface area contributed by atoms with Gasteiger partial charge >= 0.3 is 0 Å². The van der Waals surface area contributed by atoms with Gasteiger partial charge in [-0.05, 0) is 26.7 Å². The van der Waals surface area contributed by atoms with Crippen LogP contribution in [-0.4, -0.2) is 61.0 Å². The van der Waals surface area contributed by atoms with Gasteiger partial charge in [0.05, 0.1) is 6.04 Å². The van der Waals surface area contributed by atoms with Gasteiger partial charge in [-0.25, -0.2) is 0 Å². The topological polar surface area (TPSA) is 73.5 Å². The fraction of sp³-hybridized carbons (Fsp3) is 0.846. The first kappa shape index (κ1) is 14.3. The Kier molecular flexibility index (Phi) is 4.76. The monoisotopic (exact) mass is 268 g/mol. The minimum atomic E-state index is -0.438. The van der Waals surface area contributed by atoms with Gasteiger partial charge < -0.3 is 20.9 Å². The number of carbonyl (C=O) groups excluding carboxylic acids is 2. The van der Waals surface area contributed by atoms with Gasteiger partial charge in [-0.1, -0.05) is 0 Å². The molecule has 19 heavy (non-hydrogen) atoms. The summed E-state index contributed by atoms with van der Waals surface area (Å²) in [6, 6.07) is -0.301. The highest BCUT2D eigenvalue weighted by atomic mass is 16.2. The minimum absolute atomic E-state index is 0.0305. The molecule has 3 N–H and O–H groups in total. The summed E-state index contributed by atoms with van der Waals surface area (Å²) in [5.41, 5.74) is 0. The first-order valence-electron chi connectivity index (χ1n) is 7.14. The summed E-state index contributed by atoms with van der Waals surface area (Å²) in [6.07, 6.45) is 2.14. The third-order valence-corrected chi connectivity index (χ3v) is 3.80. The Balaban J connectivity index is 1.79. The quantitative estimate of drug-likeness (QED) is 0.618. The van der Waals surface area contributed by atoms with Crippen LogP contribution in [0.3, 0.4) is 0 Å². The Bertz CT molecular complexity index is 334. The molecule has 2 fully saturated rings. The van der Waals surface area contributed by atoms with Gasteiger partial charge in [-0.15, -0.1) is 0 Å². The van der Waals surface area contributed by atoms with Crippen molar-refractivity contribution in [2.75, 3.05) is 26.2 Å². The van der Waals surface area contributed by atoms with E-state index in [1.165, 1.54) is 0 Å². The summed E-state index contributed by atoms with van der Waals surface area (Å²) in [5.74, 6) is -0.0672. The number of nitrogens with zero attached hydrogens (tertiary/aromatic N) is 1. The maximum atomic E-state index is 12.1. The zero-order chi connectivity index (χ0) is 13.8. The van der Waals surface area contributed by atoms with Gasteiger partial charge in [0.15, 0.2) is 0 Å². The first-order chi connectivity index (χ1) is 9.08. The largest absolute Gasteiger partial charge is 0.343 e. The predicted octanol–water partition coefficient (Wildman–Crippen LogP) is -0.937. The van der Waals surface area contributed by atoms with Crippen LogP contribution in [0.1, 0.15) is 26.7 Å². The summed E-state index contributed by atoms with van der Waals surface area (Å²) in [4.78, 5) is 26.0. The lowest BCUT2D eigenvalue weighted by Crippen LogP contribution is -2.60. The van der Waals surface area contributed by atoms with E-state index in [4.69, 9.17) is 0 Å². The molecule has 108 valence electrons. The van der Waals surface area contributed by atoms with Crippen LogP contribution in [-0.2, 0) is 9.59 Å². The Hall–Kier alpha value is -1.14. The predicted molar refractivity (Wildman–Crippen MR) is 72.7 cm³/mol. The van der Waals surface area contributed by atoms with Crippen LogP contribution in [0.2, 0.25) is 0 Å². The molecule has 3 unspecified atom stereocenters. The molecular formula is C13H24N4O2. The molecule has 0 aromatic heterocycles. The van der Waals surface area contributed by atoms with E-state index in [1.54, 1.807) is 6.92 Å². The molecule has 0 spiro atoms. The lowest BCUT2D eigenvalue weighted by molar-refractivity contribution is -0.135. The van der Waals surface area contributed by atoms with Crippen LogP contribution in [0.4, 0.5) is 0 Å². The van der Waals surface area contributed by atoms with Crippen LogP contribution in [0, 0.1) is 0 Å². The molecule has 2 aliphatic rings. The minimum Gasteiger partial charge on any atom is -0.343 e. The smallest absolute Gasteiger partial charge is 0.244 e. The van der Waals surface area contributed by atoms with Gasteiger partial charge in [0, 0.05) is 32.2 Å². The number of nitrogens with one attached hydrogen (secondary N) is 3. The fourth-order valence-electron chi connectivity index (χ4n) is 2.55. The lowest BCUT2D eigenvalue weighted by Gasteiger charge is -2.29. The zero-order valence-electron chi connectivity index (χ0n) is 11.7. The second-order valence-corrected chi connectivity index (χ2v) is 5.53. The van der Waals surface area contributed by atoms with Gasteiger partial charge in [0.25, 0.3) is 0 Å². The molecule has 2 aliphatic heterocycles. The molecule has 2 amide bonds. The summed E-state index contributed by atoms with van der Waals surface area (Å²) >= 11 is 0. The summed E-state index contributed by atoms with van der Waals surface area (Å²) in [7, 11) is 0. The van der Waals surface area contributed by atoms with Gasteiger partial charge in [-0.3, -0.25) is 9.59 Å². The highest BCUT2D eigenvalue weighted by Crippen LogP contribution is 2.09. The second kappa shape index (κ2) is 6.34. The summed E-state index contributed by atoms with van der Waals surface area (Å²) in [6.45, 7) is 6.85. The van der Waals surface area contributed by atoms with Crippen molar-refractivity contribution < 1.29 is 9.59 Å². The van der Waals surface area contributed by atoms with E-state index in [1.807, 2.05) is 4.90 Å². The zero-order valence-corrected chi connectivity index (χ0v) is 11.7. The van der Waals surface area contributed by atoms with Gasteiger partial charge in [-0.2, -0.15) is 0 Å². The number of hydrogen-bond acceptors (Lipinski definition) is 4. The number of amides is 2. The van der Waals surface area contributed by atoms with Crippen molar-refractivity contribution in [3.8, 4) is 0 Å². The van der Waals surface area contributed by atoms with Crippen LogP contribution in [0.5, 0.6) is 0 Å². The van der Waals surface area contributed by atoms with Crippen LogP contribution in [0.15, 0.2) is 0 Å². The van der Waals surface area contributed by atoms with Crippen LogP contribution < -0.4 is 16.0 Å². The van der Waals surface area contributed by atoms with Crippen molar-refractivity contribution in [2.45, 2.75) is 44.8 Å². The molecule has 0 aromatic carbocycles. The molecule has 0 saturated carbocycles. The van der Waals surface area contributed by atoms with Gasteiger partial charge in [0.1, 0.15) is 6.04 Å². The lowest BCUT2D eigenvalue weighted by atomic mass is 10.1. The molecule has 6 heteroatoms. The molecular weight excluding hydrogens is 244 g/mol. The molecule has 0 aromatic rings. The average molecular weight is 268 g/mol. The highest BCUT2D eigenvalue weighted by molar-refractivity contribution is 5.89. The van der Waals surface area contributed by atoms with Crippen molar-refractivity contribution in [1.82, 2.24) is 20.9 Å². The summed E-state index contributed by atoms with van der Waals surface area (Å²) < 4.78 is 0. The Morgan fingerprint density at radius 1 is 1.21 bits per heavy atom. The van der Waals surface area contributed by atoms with Crippen LogP contribution >= 0.6 is 0 Å². The van der Waals surface area contributed by atoms with Gasteiger partial charge in [0.2, 0.25) is 11.8 Å². The number of carbonyl (C=O) groups is 2. The number of likely N-dealkylation sites (tertiary alicyclic amines) is 1. The highest BCUT2D eigenvalue weighted by Gasteiger charge is 2.28. The molecule has 3 atom stereocenters. The van der Waals surface area contributed by atoms with E-state index in [9.17, 15) is 9.59 Å². The van der Waals surface area contributed by atoms with E-state index in [0.717, 1.165) is 32.5 Å². The number of piperazine rings is 1. The molecule has 2 saturated heterocycles. The van der Waals surface area contributed by atoms with Crippen LogP contribution in [0.25, 0.3) is 0 Å². The van der Waals surface area contributed by atoms with Crippen molar-refractivity contribution >= 4 is 11.8 Å². The molecule has 2 heterocycles. The van der Waals surface area contributed by atoms with E-state index in [-0.39, 0.29) is 17.9 Å². The Labute approximate surface area is 114 Å². The Morgan fingerprint density at radius 3 is 2.47 bits per heavy atom. The first-order valence-corrected chi connectivity index (χ1v) is 7.14. The number of rotatable bonds is 3. The maximum absolute atomic E-state index is 12.1.